The first-order valence-electron chi connectivity index (χ1n) is 13.0. The van der Waals surface area contributed by atoms with E-state index >= 15 is 0 Å². The predicted molar refractivity (Wildman–Crippen MR) is 159 cm³/mol. The first-order chi connectivity index (χ1) is 20.1. The zero-order valence-electron chi connectivity index (χ0n) is 22.7. The number of carbonyl (C=O) groups excluding carboxylic acids is 1. The number of aromatic hydroxyl groups is 1. The number of carboxylic acids is 1. The van der Waals surface area contributed by atoms with Crippen LogP contribution in [0.25, 0.3) is 10.8 Å². The van der Waals surface area contributed by atoms with Crippen molar-refractivity contribution in [3.05, 3.63) is 135 Å². The molecule has 5 aromatic rings. The molecule has 210 valence electrons. The quantitative estimate of drug-likeness (QED) is 0.130. The molecule has 0 aliphatic carbocycles. The van der Waals surface area contributed by atoms with Crippen LogP contribution in [0.4, 0.5) is 11.4 Å². The van der Waals surface area contributed by atoms with Gasteiger partial charge >= 0.3 is 11.7 Å². The van der Waals surface area contributed by atoms with Crippen LogP contribution in [0, 0.1) is 17.0 Å². The van der Waals surface area contributed by atoms with Gasteiger partial charge in [-0.05, 0) is 54.4 Å². The standard InChI is InChI=1S/C33H26N2O7/c1-19-7-9-21(10-8-19)20(2)23-13-16-29(28(17-23)35(40)41)42-30-18-27(31(36)26-6-4-3-5-25(26)30)32(37)34-24-14-11-22(12-15-24)33(38)39/h3-18,20,36H,1-2H3,(H,34,37)(H,38,39). The highest BCUT2D eigenvalue weighted by molar-refractivity contribution is 6.11. The number of ether oxygens (including phenoxy) is 1. The lowest BCUT2D eigenvalue weighted by Crippen LogP contribution is -2.12. The van der Waals surface area contributed by atoms with Crippen molar-refractivity contribution >= 4 is 34.0 Å². The van der Waals surface area contributed by atoms with E-state index in [0.29, 0.717) is 16.5 Å². The van der Waals surface area contributed by atoms with Crippen molar-refractivity contribution < 1.29 is 29.5 Å². The number of aromatic carboxylic acids is 1. The number of amides is 1. The number of anilines is 1. The summed E-state index contributed by atoms with van der Waals surface area (Å²) in [5.41, 5.74) is 2.87. The number of nitrogens with one attached hydrogen (secondary N) is 1. The lowest BCUT2D eigenvalue weighted by atomic mass is 9.92. The summed E-state index contributed by atoms with van der Waals surface area (Å²) in [6, 6.07) is 26.3. The van der Waals surface area contributed by atoms with E-state index in [1.54, 1.807) is 30.3 Å². The molecule has 9 nitrogen and oxygen atoms in total. The fraction of sp³-hybridized carbons (Fsp3) is 0.0909. The minimum absolute atomic E-state index is 0.0219. The normalized spacial score (nSPS) is 11.6. The van der Waals surface area contributed by atoms with E-state index in [0.717, 1.165) is 16.7 Å². The van der Waals surface area contributed by atoms with Gasteiger partial charge in [-0.3, -0.25) is 14.9 Å². The number of hydrogen-bond donors (Lipinski definition) is 3. The summed E-state index contributed by atoms with van der Waals surface area (Å²) in [5, 5.41) is 35.6. The maximum atomic E-state index is 13.2. The van der Waals surface area contributed by atoms with E-state index in [1.807, 2.05) is 38.1 Å². The van der Waals surface area contributed by atoms with Crippen molar-refractivity contribution in [3.8, 4) is 17.2 Å². The molecule has 9 heteroatoms. The lowest BCUT2D eigenvalue weighted by molar-refractivity contribution is -0.385. The third-order valence-corrected chi connectivity index (χ3v) is 7.09. The van der Waals surface area contributed by atoms with Crippen LogP contribution >= 0.6 is 0 Å². The highest BCUT2D eigenvalue weighted by Crippen LogP contribution is 2.41. The summed E-state index contributed by atoms with van der Waals surface area (Å²) in [6.45, 7) is 3.96. The second-order valence-electron chi connectivity index (χ2n) is 9.87. The topological polar surface area (TPSA) is 139 Å². The number of nitro groups is 1. The van der Waals surface area contributed by atoms with E-state index in [9.17, 15) is 24.8 Å². The molecule has 0 aromatic heterocycles. The Morgan fingerprint density at radius 3 is 2.14 bits per heavy atom. The summed E-state index contributed by atoms with van der Waals surface area (Å²) in [6.07, 6.45) is 0. The van der Waals surface area contributed by atoms with Gasteiger partial charge in [-0.2, -0.15) is 0 Å². The molecule has 1 unspecified atom stereocenters. The summed E-state index contributed by atoms with van der Waals surface area (Å²) in [4.78, 5) is 35.9. The van der Waals surface area contributed by atoms with Gasteiger partial charge in [0.25, 0.3) is 5.91 Å². The molecule has 0 bridgehead atoms. The van der Waals surface area contributed by atoms with E-state index < -0.39 is 16.8 Å². The Hall–Kier alpha value is -5.70. The number of nitrogens with zero attached hydrogens (tertiary/aromatic N) is 1. The van der Waals surface area contributed by atoms with Gasteiger partial charge in [-0.25, -0.2) is 4.79 Å². The minimum Gasteiger partial charge on any atom is -0.506 e. The number of fused-ring (bicyclic) bond motifs is 1. The SMILES string of the molecule is Cc1ccc(C(C)c2ccc(Oc3cc(C(=O)Nc4ccc(C(=O)O)cc4)c(O)c4ccccc34)c([N+](=O)[O-])c2)cc1. The molecule has 0 fully saturated rings. The zero-order chi connectivity index (χ0) is 30.0. The maximum Gasteiger partial charge on any atom is 0.335 e. The molecule has 5 rings (SSSR count). The van der Waals surface area contributed by atoms with Crippen molar-refractivity contribution in [2.24, 2.45) is 0 Å². The Labute approximate surface area is 240 Å². The number of nitro benzene ring substituents is 1. The molecule has 0 aliphatic rings. The first kappa shape index (κ1) is 27.9. The average molecular weight is 563 g/mol. The Kier molecular flexibility index (Phi) is 7.57. The highest BCUT2D eigenvalue weighted by Gasteiger charge is 2.23. The van der Waals surface area contributed by atoms with Crippen molar-refractivity contribution in [1.82, 2.24) is 0 Å². The third-order valence-electron chi connectivity index (χ3n) is 7.09. The van der Waals surface area contributed by atoms with E-state index in [4.69, 9.17) is 9.84 Å². The molecular formula is C33H26N2O7. The molecule has 42 heavy (non-hydrogen) atoms. The highest BCUT2D eigenvalue weighted by atomic mass is 16.6. The largest absolute Gasteiger partial charge is 0.506 e. The Balaban J connectivity index is 1.51. The van der Waals surface area contributed by atoms with Crippen LogP contribution in [-0.2, 0) is 0 Å². The molecule has 0 saturated heterocycles. The molecule has 5 aromatic carbocycles. The van der Waals surface area contributed by atoms with E-state index in [-0.39, 0.29) is 40.0 Å². The van der Waals surface area contributed by atoms with Crippen LogP contribution in [0.15, 0.2) is 97.1 Å². The molecule has 0 saturated carbocycles. The Morgan fingerprint density at radius 1 is 0.857 bits per heavy atom. The van der Waals surface area contributed by atoms with Gasteiger partial charge in [-0.15, -0.1) is 0 Å². The first-order valence-corrected chi connectivity index (χ1v) is 13.0. The molecule has 0 spiro atoms. The molecule has 0 heterocycles. The fourth-order valence-electron chi connectivity index (χ4n) is 4.68. The monoisotopic (exact) mass is 562 g/mol. The number of hydrogen-bond acceptors (Lipinski definition) is 6. The molecular weight excluding hydrogens is 536 g/mol. The molecule has 1 atom stereocenters. The van der Waals surface area contributed by atoms with Crippen LogP contribution in [0.3, 0.4) is 0 Å². The van der Waals surface area contributed by atoms with Gasteiger partial charge in [0.05, 0.1) is 16.1 Å². The molecule has 0 aliphatic heterocycles. The number of benzene rings is 5. The fourth-order valence-corrected chi connectivity index (χ4v) is 4.68. The van der Waals surface area contributed by atoms with Gasteiger partial charge in [0.15, 0.2) is 0 Å². The number of rotatable bonds is 8. The summed E-state index contributed by atoms with van der Waals surface area (Å²) >= 11 is 0. The Bertz CT molecular complexity index is 1830. The van der Waals surface area contributed by atoms with Crippen molar-refractivity contribution in [1.29, 1.82) is 0 Å². The third kappa shape index (κ3) is 5.62. The second-order valence-corrected chi connectivity index (χ2v) is 9.87. The number of phenolic OH excluding ortho intramolecular Hbond substituents is 1. The molecule has 1 amide bonds. The van der Waals surface area contributed by atoms with E-state index in [2.05, 4.69) is 5.32 Å². The van der Waals surface area contributed by atoms with Crippen LogP contribution in [0.1, 0.15) is 50.2 Å². The maximum absolute atomic E-state index is 13.2. The molecule has 3 N–H and O–H groups in total. The van der Waals surface area contributed by atoms with Crippen molar-refractivity contribution in [2.75, 3.05) is 5.32 Å². The average Bonchev–Trinajstić information content (AvgIpc) is 2.99. The van der Waals surface area contributed by atoms with Gasteiger partial charge in [0.1, 0.15) is 11.5 Å². The van der Waals surface area contributed by atoms with Gasteiger partial charge < -0.3 is 20.3 Å². The number of aryl methyl sites for hydroxylation is 1. The van der Waals surface area contributed by atoms with Gasteiger partial charge in [0.2, 0.25) is 5.75 Å². The van der Waals surface area contributed by atoms with Gasteiger partial charge in [0, 0.05) is 28.4 Å². The number of phenols is 1. The van der Waals surface area contributed by atoms with Crippen LogP contribution in [-0.4, -0.2) is 27.0 Å². The predicted octanol–water partition coefficient (Wildman–Crippen LogP) is 7.66. The summed E-state index contributed by atoms with van der Waals surface area (Å²) in [5.74, 6) is -2.07. The molecule has 0 radical (unpaired) electrons. The van der Waals surface area contributed by atoms with Gasteiger partial charge in [-0.1, -0.05) is 67.1 Å². The zero-order valence-corrected chi connectivity index (χ0v) is 22.7. The van der Waals surface area contributed by atoms with Crippen molar-refractivity contribution in [2.45, 2.75) is 19.8 Å². The second kappa shape index (κ2) is 11.4. The number of carboxylic acid groups (broad SMARTS) is 1. The lowest BCUT2D eigenvalue weighted by Gasteiger charge is -2.16. The van der Waals surface area contributed by atoms with Crippen LogP contribution < -0.4 is 10.1 Å². The minimum atomic E-state index is -1.10. The number of carbonyl (C=O) groups is 2. The smallest absolute Gasteiger partial charge is 0.335 e. The van der Waals surface area contributed by atoms with Crippen LogP contribution in [0.5, 0.6) is 17.2 Å². The summed E-state index contributed by atoms with van der Waals surface area (Å²) < 4.78 is 6.08. The van der Waals surface area contributed by atoms with Crippen molar-refractivity contribution in [3.63, 3.8) is 0 Å². The van der Waals surface area contributed by atoms with E-state index in [1.165, 1.54) is 42.5 Å². The van der Waals surface area contributed by atoms with Crippen LogP contribution in [0.2, 0.25) is 0 Å². The summed E-state index contributed by atoms with van der Waals surface area (Å²) in [7, 11) is 0. The Morgan fingerprint density at radius 2 is 1.50 bits per heavy atom.